The molecule has 3 unspecified atom stereocenters. The number of thioether (sulfide) groups is 1. The number of hydrogen-bond donors (Lipinski definition) is 1. The van der Waals surface area contributed by atoms with Crippen molar-refractivity contribution in [2.75, 3.05) is 26.0 Å². The van der Waals surface area contributed by atoms with E-state index in [1.165, 1.54) is 11.3 Å². The Bertz CT molecular complexity index is 457. The molecule has 0 aromatic heterocycles. The van der Waals surface area contributed by atoms with Gasteiger partial charge in [-0.3, -0.25) is 4.90 Å². The van der Waals surface area contributed by atoms with Crippen LogP contribution in [0.1, 0.15) is 25.5 Å². The second-order valence-corrected chi connectivity index (χ2v) is 7.53. The fraction of sp³-hybridized carbons (Fsp3) is 0.600. The normalized spacial score (nSPS) is 25.4. The second kappa shape index (κ2) is 7.16. The van der Waals surface area contributed by atoms with Crippen LogP contribution in [0.3, 0.4) is 0 Å². The molecule has 2 N–H and O–H groups in total. The Hall–Kier alpha value is -0.230. The van der Waals surface area contributed by atoms with E-state index in [9.17, 15) is 0 Å². The summed E-state index contributed by atoms with van der Waals surface area (Å²) in [6.45, 7) is 6.30. The van der Waals surface area contributed by atoms with Crippen LogP contribution >= 0.6 is 27.7 Å². The summed E-state index contributed by atoms with van der Waals surface area (Å²) < 4.78 is 6.46. The fourth-order valence-electron chi connectivity index (χ4n) is 2.74. The molecule has 112 valence electrons. The summed E-state index contributed by atoms with van der Waals surface area (Å²) >= 11 is 5.71. The van der Waals surface area contributed by atoms with E-state index in [4.69, 9.17) is 10.5 Å². The molecule has 1 heterocycles. The molecule has 0 radical (unpaired) electrons. The first-order valence-electron chi connectivity index (χ1n) is 6.99. The largest absolute Gasteiger partial charge is 0.497 e. The van der Waals surface area contributed by atoms with Crippen molar-refractivity contribution >= 4 is 27.7 Å². The molecule has 1 aromatic rings. The molecular formula is C15H23BrN2OS. The summed E-state index contributed by atoms with van der Waals surface area (Å²) in [5.74, 6) is 2.05. The first-order chi connectivity index (χ1) is 9.58. The van der Waals surface area contributed by atoms with Crippen LogP contribution in [-0.4, -0.2) is 42.1 Å². The first kappa shape index (κ1) is 16.1. The number of halogens is 1. The van der Waals surface area contributed by atoms with Crippen molar-refractivity contribution in [3.8, 4) is 5.75 Å². The van der Waals surface area contributed by atoms with Crippen molar-refractivity contribution in [3.05, 3.63) is 28.2 Å². The molecule has 0 spiro atoms. The highest BCUT2D eigenvalue weighted by Crippen LogP contribution is 2.35. The molecule has 1 fully saturated rings. The van der Waals surface area contributed by atoms with Gasteiger partial charge in [-0.2, -0.15) is 11.8 Å². The van der Waals surface area contributed by atoms with Gasteiger partial charge in [0.1, 0.15) is 5.75 Å². The van der Waals surface area contributed by atoms with Gasteiger partial charge < -0.3 is 10.5 Å². The third-order valence-corrected chi connectivity index (χ3v) is 6.18. The van der Waals surface area contributed by atoms with Crippen LogP contribution in [0.2, 0.25) is 0 Å². The number of nitrogens with zero attached hydrogens (tertiary/aromatic N) is 1. The van der Waals surface area contributed by atoms with Crippen LogP contribution in [0.25, 0.3) is 0 Å². The number of benzene rings is 1. The maximum absolute atomic E-state index is 6.09. The monoisotopic (exact) mass is 358 g/mol. The van der Waals surface area contributed by atoms with Gasteiger partial charge in [-0.25, -0.2) is 0 Å². The SMILES string of the molecule is COc1ccc(Br)c(C(CN)N2CCSC(C)C2C)c1. The highest BCUT2D eigenvalue weighted by Gasteiger charge is 2.31. The highest BCUT2D eigenvalue weighted by atomic mass is 79.9. The quantitative estimate of drug-likeness (QED) is 0.896. The number of nitrogens with two attached hydrogens (primary N) is 1. The summed E-state index contributed by atoms with van der Waals surface area (Å²) in [6, 6.07) is 6.88. The molecule has 3 nitrogen and oxygen atoms in total. The van der Waals surface area contributed by atoms with Gasteiger partial charge >= 0.3 is 0 Å². The van der Waals surface area contributed by atoms with Gasteiger partial charge in [-0.05, 0) is 30.7 Å². The van der Waals surface area contributed by atoms with Crippen molar-refractivity contribution in [3.63, 3.8) is 0 Å². The lowest BCUT2D eigenvalue weighted by atomic mass is 10.0. The van der Waals surface area contributed by atoms with Crippen LogP contribution in [0.15, 0.2) is 22.7 Å². The molecule has 5 heteroatoms. The predicted octanol–water partition coefficient (Wildman–Crippen LogP) is 3.28. The molecule has 0 saturated carbocycles. The van der Waals surface area contributed by atoms with Crippen LogP contribution in [0.4, 0.5) is 0 Å². The number of rotatable bonds is 4. The van der Waals surface area contributed by atoms with Crippen LogP contribution in [0.5, 0.6) is 5.75 Å². The standard InChI is InChI=1S/C15H23BrN2OS/c1-10-11(2)20-7-6-18(10)15(9-17)13-8-12(19-3)4-5-14(13)16/h4-5,8,10-11,15H,6-7,9,17H2,1-3H3. The van der Waals surface area contributed by atoms with E-state index in [0.717, 1.165) is 16.8 Å². The molecule has 2 rings (SSSR count). The van der Waals surface area contributed by atoms with Gasteiger partial charge in [0.2, 0.25) is 0 Å². The molecule has 0 bridgehead atoms. The summed E-state index contributed by atoms with van der Waals surface area (Å²) in [5.41, 5.74) is 7.31. The predicted molar refractivity (Wildman–Crippen MR) is 90.6 cm³/mol. The lowest BCUT2D eigenvalue weighted by Gasteiger charge is -2.42. The minimum atomic E-state index is 0.234. The molecule has 1 aliphatic rings. The smallest absolute Gasteiger partial charge is 0.119 e. The Labute approximate surface area is 134 Å². The first-order valence-corrected chi connectivity index (χ1v) is 8.83. The maximum Gasteiger partial charge on any atom is 0.119 e. The Morgan fingerprint density at radius 1 is 1.50 bits per heavy atom. The van der Waals surface area contributed by atoms with Gasteiger partial charge in [0, 0.05) is 40.6 Å². The third-order valence-electron chi connectivity index (χ3n) is 4.12. The summed E-state index contributed by atoms with van der Waals surface area (Å²) in [6.07, 6.45) is 0. The minimum absolute atomic E-state index is 0.234. The molecule has 0 aliphatic carbocycles. The van der Waals surface area contributed by atoms with E-state index in [0.29, 0.717) is 17.8 Å². The molecule has 1 saturated heterocycles. The number of hydrogen-bond acceptors (Lipinski definition) is 4. The number of ether oxygens (including phenoxy) is 1. The van der Waals surface area contributed by atoms with Crippen molar-refractivity contribution in [1.29, 1.82) is 0 Å². The van der Waals surface area contributed by atoms with Gasteiger partial charge in [0.05, 0.1) is 7.11 Å². The Morgan fingerprint density at radius 3 is 2.90 bits per heavy atom. The molecule has 0 amide bonds. The third kappa shape index (κ3) is 3.32. The van der Waals surface area contributed by atoms with Crippen molar-refractivity contribution in [2.45, 2.75) is 31.2 Å². The molecule has 20 heavy (non-hydrogen) atoms. The Morgan fingerprint density at radius 2 is 2.25 bits per heavy atom. The number of methoxy groups -OCH3 is 1. The molecule has 3 atom stereocenters. The van der Waals surface area contributed by atoms with Crippen molar-refractivity contribution < 1.29 is 4.74 Å². The van der Waals surface area contributed by atoms with E-state index >= 15 is 0 Å². The summed E-state index contributed by atoms with van der Waals surface area (Å²) in [5, 5.41) is 0.641. The van der Waals surface area contributed by atoms with Crippen LogP contribution < -0.4 is 10.5 Å². The average Bonchev–Trinajstić information content (AvgIpc) is 2.46. The zero-order valence-electron chi connectivity index (χ0n) is 12.3. The topological polar surface area (TPSA) is 38.5 Å². The van der Waals surface area contributed by atoms with Crippen molar-refractivity contribution in [1.82, 2.24) is 4.90 Å². The zero-order chi connectivity index (χ0) is 14.7. The van der Waals surface area contributed by atoms with E-state index in [2.05, 4.69) is 40.7 Å². The van der Waals surface area contributed by atoms with Gasteiger partial charge in [0.25, 0.3) is 0 Å². The van der Waals surface area contributed by atoms with Gasteiger partial charge in [-0.15, -0.1) is 0 Å². The van der Waals surface area contributed by atoms with Crippen LogP contribution in [0, 0.1) is 0 Å². The average molecular weight is 359 g/mol. The molecule has 1 aromatic carbocycles. The zero-order valence-corrected chi connectivity index (χ0v) is 14.7. The van der Waals surface area contributed by atoms with Gasteiger partial charge in [-0.1, -0.05) is 22.9 Å². The van der Waals surface area contributed by atoms with Crippen molar-refractivity contribution in [2.24, 2.45) is 5.73 Å². The summed E-state index contributed by atoms with van der Waals surface area (Å²) in [7, 11) is 1.70. The van der Waals surface area contributed by atoms with Crippen LogP contribution in [-0.2, 0) is 0 Å². The Kier molecular flexibility index (Phi) is 5.78. The molecule has 1 aliphatic heterocycles. The fourth-order valence-corrected chi connectivity index (χ4v) is 4.38. The maximum atomic E-state index is 6.09. The highest BCUT2D eigenvalue weighted by molar-refractivity contribution is 9.10. The summed E-state index contributed by atoms with van der Waals surface area (Å²) in [4.78, 5) is 2.53. The lowest BCUT2D eigenvalue weighted by Crippen LogP contribution is -2.48. The van der Waals surface area contributed by atoms with E-state index in [1.807, 2.05) is 23.9 Å². The molecular weight excluding hydrogens is 336 g/mol. The minimum Gasteiger partial charge on any atom is -0.497 e. The van der Waals surface area contributed by atoms with Gasteiger partial charge in [0.15, 0.2) is 0 Å². The van der Waals surface area contributed by atoms with E-state index < -0.39 is 0 Å². The second-order valence-electron chi connectivity index (χ2n) is 5.19. The Balaban J connectivity index is 2.31. The van der Waals surface area contributed by atoms with E-state index in [1.54, 1.807) is 7.11 Å². The lowest BCUT2D eigenvalue weighted by molar-refractivity contribution is 0.150. The van der Waals surface area contributed by atoms with E-state index in [-0.39, 0.29) is 6.04 Å².